The number of rotatable bonds is 4. The summed E-state index contributed by atoms with van der Waals surface area (Å²) in [6.45, 7) is 4.97. The zero-order valence-corrected chi connectivity index (χ0v) is 8.83. The molecule has 0 aliphatic heterocycles. The summed E-state index contributed by atoms with van der Waals surface area (Å²) in [6.07, 6.45) is 1.84. The van der Waals surface area contributed by atoms with Crippen LogP contribution in [0.2, 0.25) is 0 Å². The first-order valence-corrected chi connectivity index (χ1v) is 4.77. The Labute approximate surface area is 83.9 Å². The van der Waals surface area contributed by atoms with Crippen LogP contribution in [0, 0.1) is 0 Å². The van der Waals surface area contributed by atoms with Gasteiger partial charge in [0, 0.05) is 19.8 Å². The molecular weight excluding hydrogens is 180 g/mol. The highest BCUT2D eigenvalue weighted by Crippen LogP contribution is 2.16. The van der Waals surface area contributed by atoms with Crippen LogP contribution in [0.25, 0.3) is 0 Å². The monoisotopic (exact) mass is 196 g/mol. The van der Waals surface area contributed by atoms with E-state index in [0.29, 0.717) is 12.2 Å². The van der Waals surface area contributed by atoms with Gasteiger partial charge in [0.25, 0.3) is 0 Å². The fourth-order valence-corrected chi connectivity index (χ4v) is 1.29. The molecule has 4 nitrogen and oxygen atoms in total. The van der Waals surface area contributed by atoms with Crippen molar-refractivity contribution in [3.8, 4) is 0 Å². The molecule has 0 unspecified atom stereocenters. The fourth-order valence-electron chi connectivity index (χ4n) is 1.29. The Morgan fingerprint density at radius 3 is 2.86 bits per heavy atom. The molecule has 1 heterocycles. The SMILES string of the molecule is CCNc1c(C(=O)OCC)ccn1C. The molecule has 4 heteroatoms. The number of anilines is 1. The van der Waals surface area contributed by atoms with E-state index in [1.165, 1.54) is 0 Å². The van der Waals surface area contributed by atoms with Gasteiger partial charge in [-0.15, -0.1) is 0 Å². The van der Waals surface area contributed by atoms with E-state index in [1.54, 1.807) is 13.0 Å². The molecule has 14 heavy (non-hydrogen) atoms. The Balaban J connectivity index is 2.90. The molecule has 78 valence electrons. The average molecular weight is 196 g/mol. The molecule has 1 N–H and O–H groups in total. The zero-order valence-electron chi connectivity index (χ0n) is 8.83. The van der Waals surface area contributed by atoms with E-state index < -0.39 is 0 Å². The minimum atomic E-state index is -0.274. The fraction of sp³-hybridized carbons (Fsp3) is 0.500. The van der Waals surface area contributed by atoms with Crippen molar-refractivity contribution in [1.82, 2.24) is 4.57 Å². The van der Waals surface area contributed by atoms with Crippen molar-refractivity contribution in [2.75, 3.05) is 18.5 Å². The van der Waals surface area contributed by atoms with Crippen molar-refractivity contribution in [2.45, 2.75) is 13.8 Å². The van der Waals surface area contributed by atoms with Crippen LogP contribution < -0.4 is 5.32 Å². The summed E-state index contributed by atoms with van der Waals surface area (Å²) >= 11 is 0. The Kier molecular flexibility index (Phi) is 3.56. The van der Waals surface area contributed by atoms with Crippen molar-refractivity contribution in [1.29, 1.82) is 0 Å². The number of nitrogens with one attached hydrogen (secondary N) is 1. The second-order valence-corrected chi connectivity index (χ2v) is 2.94. The van der Waals surface area contributed by atoms with Gasteiger partial charge in [0.1, 0.15) is 11.4 Å². The molecule has 0 atom stereocenters. The number of nitrogens with zero attached hydrogens (tertiary/aromatic N) is 1. The Bertz CT molecular complexity index is 318. The maximum absolute atomic E-state index is 11.5. The van der Waals surface area contributed by atoms with Crippen molar-refractivity contribution in [2.24, 2.45) is 7.05 Å². The van der Waals surface area contributed by atoms with E-state index in [2.05, 4.69) is 5.32 Å². The van der Waals surface area contributed by atoms with Crippen LogP contribution in [-0.4, -0.2) is 23.7 Å². The molecular formula is C10H16N2O2. The number of carbonyl (C=O) groups is 1. The van der Waals surface area contributed by atoms with Crippen molar-refractivity contribution in [3.05, 3.63) is 17.8 Å². The van der Waals surface area contributed by atoms with Gasteiger partial charge in [-0.25, -0.2) is 4.79 Å². The van der Waals surface area contributed by atoms with Crippen molar-refractivity contribution >= 4 is 11.8 Å². The number of hydrogen-bond acceptors (Lipinski definition) is 3. The third-order valence-electron chi connectivity index (χ3n) is 1.91. The lowest BCUT2D eigenvalue weighted by Crippen LogP contribution is -2.10. The van der Waals surface area contributed by atoms with Gasteiger partial charge in [-0.2, -0.15) is 0 Å². The minimum Gasteiger partial charge on any atom is -0.462 e. The van der Waals surface area contributed by atoms with Crippen LogP contribution in [0.15, 0.2) is 12.3 Å². The van der Waals surface area contributed by atoms with E-state index in [1.807, 2.05) is 24.7 Å². The Morgan fingerprint density at radius 1 is 1.57 bits per heavy atom. The molecule has 0 bridgehead atoms. The predicted octanol–water partition coefficient (Wildman–Crippen LogP) is 1.63. The normalized spacial score (nSPS) is 9.93. The van der Waals surface area contributed by atoms with E-state index in [9.17, 15) is 4.79 Å². The van der Waals surface area contributed by atoms with Crippen LogP contribution in [0.5, 0.6) is 0 Å². The van der Waals surface area contributed by atoms with E-state index in [0.717, 1.165) is 12.4 Å². The van der Waals surface area contributed by atoms with Gasteiger partial charge in [0.2, 0.25) is 0 Å². The van der Waals surface area contributed by atoms with Crippen LogP contribution in [-0.2, 0) is 11.8 Å². The summed E-state index contributed by atoms with van der Waals surface area (Å²) in [4.78, 5) is 11.5. The van der Waals surface area contributed by atoms with Crippen LogP contribution >= 0.6 is 0 Å². The molecule has 0 aliphatic rings. The molecule has 0 spiro atoms. The minimum absolute atomic E-state index is 0.274. The highest BCUT2D eigenvalue weighted by molar-refractivity contribution is 5.95. The summed E-state index contributed by atoms with van der Waals surface area (Å²) in [5, 5.41) is 3.13. The quantitative estimate of drug-likeness (QED) is 0.744. The van der Waals surface area contributed by atoms with E-state index >= 15 is 0 Å². The second-order valence-electron chi connectivity index (χ2n) is 2.94. The number of carbonyl (C=O) groups excluding carboxylic acids is 1. The lowest BCUT2D eigenvalue weighted by atomic mass is 10.3. The molecule has 0 fully saturated rings. The standard InChI is InChI=1S/C10H16N2O2/c1-4-11-9-8(6-7-12(9)3)10(13)14-5-2/h6-7,11H,4-5H2,1-3H3. The van der Waals surface area contributed by atoms with E-state index in [4.69, 9.17) is 4.74 Å². The third kappa shape index (κ3) is 2.07. The number of hydrogen-bond donors (Lipinski definition) is 1. The Morgan fingerprint density at radius 2 is 2.29 bits per heavy atom. The van der Waals surface area contributed by atoms with Gasteiger partial charge in [-0.1, -0.05) is 0 Å². The van der Waals surface area contributed by atoms with Crippen LogP contribution in [0.4, 0.5) is 5.82 Å². The smallest absolute Gasteiger partial charge is 0.341 e. The van der Waals surface area contributed by atoms with Gasteiger partial charge in [0.15, 0.2) is 0 Å². The number of esters is 1. The van der Waals surface area contributed by atoms with E-state index in [-0.39, 0.29) is 5.97 Å². The first-order chi connectivity index (χ1) is 6.70. The second kappa shape index (κ2) is 4.69. The molecule has 0 aliphatic carbocycles. The average Bonchev–Trinajstić information content (AvgIpc) is 2.50. The van der Waals surface area contributed by atoms with Gasteiger partial charge in [0.05, 0.1) is 6.61 Å². The van der Waals surface area contributed by atoms with Crippen LogP contribution in [0.1, 0.15) is 24.2 Å². The highest BCUT2D eigenvalue weighted by Gasteiger charge is 2.14. The summed E-state index contributed by atoms with van der Waals surface area (Å²) in [5.74, 6) is 0.537. The molecule has 0 amide bonds. The topological polar surface area (TPSA) is 43.3 Å². The van der Waals surface area contributed by atoms with Gasteiger partial charge in [-0.3, -0.25) is 0 Å². The van der Waals surface area contributed by atoms with Crippen molar-refractivity contribution in [3.63, 3.8) is 0 Å². The maximum Gasteiger partial charge on any atom is 0.341 e. The Hall–Kier alpha value is -1.45. The summed E-state index contributed by atoms with van der Waals surface area (Å²) in [5.41, 5.74) is 0.594. The third-order valence-corrected chi connectivity index (χ3v) is 1.91. The highest BCUT2D eigenvalue weighted by atomic mass is 16.5. The number of aryl methyl sites for hydroxylation is 1. The van der Waals surface area contributed by atoms with Gasteiger partial charge < -0.3 is 14.6 Å². The lowest BCUT2D eigenvalue weighted by Gasteiger charge is -2.07. The van der Waals surface area contributed by atoms with Crippen molar-refractivity contribution < 1.29 is 9.53 Å². The maximum atomic E-state index is 11.5. The number of ether oxygens (including phenoxy) is 1. The zero-order chi connectivity index (χ0) is 10.6. The van der Waals surface area contributed by atoms with Gasteiger partial charge >= 0.3 is 5.97 Å². The molecule has 1 aromatic heterocycles. The molecule has 1 rings (SSSR count). The first-order valence-electron chi connectivity index (χ1n) is 4.77. The predicted molar refractivity (Wildman–Crippen MR) is 55.5 cm³/mol. The van der Waals surface area contributed by atoms with Crippen LogP contribution in [0.3, 0.4) is 0 Å². The molecule has 0 radical (unpaired) electrons. The molecule has 0 saturated carbocycles. The largest absolute Gasteiger partial charge is 0.462 e. The number of aromatic nitrogens is 1. The molecule has 1 aromatic rings. The summed E-state index contributed by atoms with van der Waals surface area (Å²) in [7, 11) is 1.89. The van der Waals surface area contributed by atoms with Gasteiger partial charge in [-0.05, 0) is 19.9 Å². The molecule has 0 saturated heterocycles. The summed E-state index contributed by atoms with van der Waals surface area (Å²) < 4.78 is 6.81. The molecule has 0 aromatic carbocycles. The lowest BCUT2D eigenvalue weighted by molar-refractivity contribution is 0.0527. The first kappa shape index (κ1) is 10.6. The summed E-state index contributed by atoms with van der Waals surface area (Å²) in [6, 6.07) is 1.76.